The molecule has 6 heteroatoms. The van der Waals surface area contributed by atoms with Crippen LogP contribution in [0.25, 0.3) is 10.9 Å². The number of rotatable bonds is 4. The van der Waals surface area contributed by atoms with E-state index in [2.05, 4.69) is 33.4 Å². The van der Waals surface area contributed by atoms with Crippen LogP contribution in [0.1, 0.15) is 26.3 Å². The Hall–Kier alpha value is -2.21. The zero-order valence-electron chi connectivity index (χ0n) is 14.4. The highest BCUT2D eigenvalue weighted by molar-refractivity contribution is 5.87. The van der Waals surface area contributed by atoms with Crippen molar-refractivity contribution in [2.45, 2.75) is 38.9 Å². The molecule has 0 radical (unpaired) electrons. The first-order chi connectivity index (χ1) is 11.3. The van der Waals surface area contributed by atoms with Gasteiger partial charge in [0.05, 0.1) is 6.10 Å². The van der Waals surface area contributed by atoms with Gasteiger partial charge in [0.15, 0.2) is 0 Å². The molecule has 1 aliphatic heterocycles. The number of carbonyl (C=O) groups excluding carboxylic acids is 1. The van der Waals surface area contributed by atoms with Crippen molar-refractivity contribution in [1.82, 2.24) is 10.3 Å². The topological polar surface area (TPSA) is 77.6 Å². The van der Waals surface area contributed by atoms with E-state index in [9.17, 15) is 9.90 Å². The fraction of sp³-hybridized carbons (Fsp3) is 0.500. The SMILES string of the molecule is CC(C)(C)OC(=O)NCCc1c[nH]c2ccc(N3CC(O)C3)cc12. The second kappa shape index (κ2) is 6.36. The summed E-state index contributed by atoms with van der Waals surface area (Å²) in [6.45, 7) is 7.44. The monoisotopic (exact) mass is 331 g/mol. The lowest BCUT2D eigenvalue weighted by Crippen LogP contribution is -2.50. The summed E-state index contributed by atoms with van der Waals surface area (Å²) in [4.78, 5) is 17.1. The van der Waals surface area contributed by atoms with Crippen molar-refractivity contribution < 1.29 is 14.6 Å². The third kappa shape index (κ3) is 3.82. The molecule has 1 aromatic heterocycles. The van der Waals surface area contributed by atoms with E-state index in [1.807, 2.05) is 27.0 Å². The van der Waals surface area contributed by atoms with Gasteiger partial charge >= 0.3 is 6.09 Å². The van der Waals surface area contributed by atoms with Gasteiger partial charge in [0.25, 0.3) is 0 Å². The van der Waals surface area contributed by atoms with Gasteiger partial charge in [-0.2, -0.15) is 0 Å². The number of aromatic amines is 1. The zero-order valence-corrected chi connectivity index (χ0v) is 14.4. The summed E-state index contributed by atoms with van der Waals surface area (Å²) in [6.07, 6.45) is 2.10. The van der Waals surface area contributed by atoms with Crippen LogP contribution in [0.4, 0.5) is 10.5 Å². The van der Waals surface area contributed by atoms with Crippen molar-refractivity contribution in [1.29, 1.82) is 0 Å². The van der Waals surface area contributed by atoms with Gasteiger partial charge in [0.2, 0.25) is 0 Å². The maximum absolute atomic E-state index is 11.7. The largest absolute Gasteiger partial charge is 0.444 e. The molecule has 1 fully saturated rings. The van der Waals surface area contributed by atoms with Crippen molar-refractivity contribution in [2.24, 2.45) is 0 Å². The number of alkyl carbamates (subject to hydrolysis) is 1. The standard InChI is InChI=1S/C18H25N3O3/c1-18(2,3)24-17(23)19-7-6-12-9-20-16-5-4-13(8-15(12)16)21-10-14(22)11-21/h4-5,8-9,14,20,22H,6-7,10-11H2,1-3H3,(H,19,23). The van der Waals surface area contributed by atoms with Gasteiger partial charge < -0.3 is 25.0 Å². The number of aliphatic hydroxyl groups is 1. The Kier molecular flexibility index (Phi) is 4.41. The Balaban J connectivity index is 1.62. The zero-order chi connectivity index (χ0) is 17.3. The van der Waals surface area contributed by atoms with E-state index < -0.39 is 11.7 Å². The quantitative estimate of drug-likeness (QED) is 0.804. The number of hydrogen-bond donors (Lipinski definition) is 3. The van der Waals surface area contributed by atoms with Crippen LogP contribution in [0.15, 0.2) is 24.4 Å². The molecule has 1 aromatic carbocycles. The molecule has 0 unspecified atom stereocenters. The molecule has 1 aliphatic rings. The second-order valence-corrected chi connectivity index (χ2v) is 7.28. The molecule has 0 aliphatic carbocycles. The molecule has 3 rings (SSSR count). The van der Waals surface area contributed by atoms with Crippen molar-refractivity contribution >= 4 is 22.7 Å². The fourth-order valence-electron chi connectivity index (χ4n) is 2.85. The number of nitrogens with zero attached hydrogens (tertiary/aromatic N) is 1. The van der Waals surface area contributed by atoms with E-state index in [1.54, 1.807) is 0 Å². The summed E-state index contributed by atoms with van der Waals surface area (Å²) in [5.41, 5.74) is 2.87. The van der Waals surface area contributed by atoms with E-state index in [1.165, 1.54) is 0 Å². The number of H-pyrrole nitrogens is 1. The van der Waals surface area contributed by atoms with Crippen LogP contribution in [0.5, 0.6) is 0 Å². The number of amides is 1. The number of benzene rings is 1. The van der Waals surface area contributed by atoms with E-state index >= 15 is 0 Å². The van der Waals surface area contributed by atoms with E-state index in [0.29, 0.717) is 19.6 Å². The number of carbonyl (C=O) groups is 1. The average Bonchev–Trinajstić information content (AvgIpc) is 2.84. The van der Waals surface area contributed by atoms with E-state index in [4.69, 9.17) is 4.74 Å². The van der Waals surface area contributed by atoms with Gasteiger partial charge in [-0.15, -0.1) is 0 Å². The predicted molar refractivity (Wildman–Crippen MR) is 94.5 cm³/mol. The number of β-amino-alcohol motifs (C(OH)–C–C–N with tert-alkyl or cyclic N) is 1. The summed E-state index contributed by atoms with van der Waals surface area (Å²) >= 11 is 0. The molecule has 0 saturated carbocycles. The van der Waals surface area contributed by atoms with Gasteiger partial charge in [-0.05, 0) is 51.0 Å². The first-order valence-electron chi connectivity index (χ1n) is 8.32. The van der Waals surface area contributed by atoms with Crippen molar-refractivity contribution in [3.8, 4) is 0 Å². The minimum Gasteiger partial charge on any atom is -0.444 e. The Morgan fingerprint density at radius 1 is 1.42 bits per heavy atom. The average molecular weight is 331 g/mol. The molecule has 2 aromatic rings. The lowest BCUT2D eigenvalue weighted by Gasteiger charge is -2.37. The molecule has 0 bridgehead atoms. The summed E-state index contributed by atoms with van der Waals surface area (Å²) in [5, 5.41) is 13.4. The molecule has 1 amide bonds. The predicted octanol–water partition coefficient (Wildman–Crippen LogP) is 2.42. The lowest BCUT2D eigenvalue weighted by atomic mass is 10.1. The third-order valence-corrected chi connectivity index (χ3v) is 4.04. The molecule has 0 spiro atoms. The number of fused-ring (bicyclic) bond motifs is 1. The maximum atomic E-state index is 11.7. The van der Waals surface area contributed by atoms with Crippen LogP contribution in [0.2, 0.25) is 0 Å². The molecular formula is C18H25N3O3. The van der Waals surface area contributed by atoms with Crippen molar-refractivity contribution in [3.05, 3.63) is 30.0 Å². The smallest absolute Gasteiger partial charge is 0.407 e. The van der Waals surface area contributed by atoms with E-state index in [-0.39, 0.29) is 6.10 Å². The Morgan fingerprint density at radius 2 is 2.17 bits per heavy atom. The third-order valence-electron chi connectivity index (χ3n) is 4.04. The van der Waals surface area contributed by atoms with Gasteiger partial charge in [-0.25, -0.2) is 4.79 Å². The highest BCUT2D eigenvalue weighted by Gasteiger charge is 2.24. The molecule has 3 N–H and O–H groups in total. The number of aliphatic hydroxyl groups excluding tert-OH is 1. The van der Waals surface area contributed by atoms with Crippen LogP contribution in [-0.2, 0) is 11.2 Å². The number of nitrogens with one attached hydrogen (secondary N) is 2. The molecule has 24 heavy (non-hydrogen) atoms. The van der Waals surface area contributed by atoms with Gasteiger partial charge in [0.1, 0.15) is 5.60 Å². The minimum atomic E-state index is -0.485. The van der Waals surface area contributed by atoms with Gasteiger partial charge in [-0.1, -0.05) is 0 Å². The van der Waals surface area contributed by atoms with Crippen LogP contribution < -0.4 is 10.2 Å². The minimum absolute atomic E-state index is 0.218. The lowest BCUT2D eigenvalue weighted by molar-refractivity contribution is 0.0528. The number of hydrogen-bond acceptors (Lipinski definition) is 4. The van der Waals surface area contributed by atoms with Crippen LogP contribution in [0, 0.1) is 0 Å². The highest BCUT2D eigenvalue weighted by atomic mass is 16.6. The maximum Gasteiger partial charge on any atom is 0.407 e. The Bertz CT molecular complexity index is 727. The Labute approximate surface area is 141 Å². The van der Waals surface area contributed by atoms with Crippen molar-refractivity contribution in [3.63, 3.8) is 0 Å². The molecule has 1 saturated heterocycles. The normalized spacial score (nSPS) is 15.4. The van der Waals surface area contributed by atoms with Crippen LogP contribution >= 0.6 is 0 Å². The molecular weight excluding hydrogens is 306 g/mol. The summed E-state index contributed by atoms with van der Waals surface area (Å²) in [5.74, 6) is 0. The highest BCUT2D eigenvalue weighted by Crippen LogP contribution is 2.27. The number of ether oxygens (including phenoxy) is 1. The summed E-state index contributed by atoms with van der Waals surface area (Å²) in [7, 11) is 0. The first kappa shape index (κ1) is 16.6. The molecule has 130 valence electrons. The van der Waals surface area contributed by atoms with E-state index in [0.717, 1.165) is 28.6 Å². The number of anilines is 1. The summed E-state index contributed by atoms with van der Waals surface area (Å²) < 4.78 is 5.24. The summed E-state index contributed by atoms with van der Waals surface area (Å²) in [6, 6.07) is 6.26. The van der Waals surface area contributed by atoms with Crippen molar-refractivity contribution in [2.75, 3.05) is 24.5 Å². The molecule has 2 heterocycles. The van der Waals surface area contributed by atoms with Crippen LogP contribution in [-0.4, -0.2) is 47.5 Å². The first-order valence-corrected chi connectivity index (χ1v) is 8.32. The van der Waals surface area contributed by atoms with Crippen LogP contribution in [0.3, 0.4) is 0 Å². The van der Waals surface area contributed by atoms with Gasteiger partial charge in [-0.3, -0.25) is 0 Å². The number of aromatic nitrogens is 1. The fourth-order valence-corrected chi connectivity index (χ4v) is 2.85. The Morgan fingerprint density at radius 3 is 2.83 bits per heavy atom. The van der Waals surface area contributed by atoms with Gasteiger partial charge in [0, 0.05) is 42.4 Å². The molecule has 6 nitrogen and oxygen atoms in total. The molecule has 0 atom stereocenters. The second-order valence-electron chi connectivity index (χ2n) is 7.28.